The standard InChI is InChI=1S/C28H54N4O2/c1-3-5-7-8-10-16-26-24-28(34)32(22-14-18-30-26)20-12-11-19-31-21-13-17-29-25(23-27(31)33)15-9-6-4-2/h25-26,29-30H,3-24H2,1-2H3/t25-,26-/m1/s1. The molecule has 0 saturated carbocycles. The zero-order valence-electron chi connectivity index (χ0n) is 22.4. The van der Waals surface area contributed by atoms with Crippen molar-refractivity contribution in [2.75, 3.05) is 39.3 Å². The summed E-state index contributed by atoms with van der Waals surface area (Å²) in [6, 6.07) is 0.683. The third-order valence-corrected chi connectivity index (χ3v) is 7.54. The molecule has 0 unspecified atom stereocenters. The first-order valence-electron chi connectivity index (χ1n) is 14.7. The second-order valence-corrected chi connectivity index (χ2v) is 10.6. The van der Waals surface area contributed by atoms with Crippen molar-refractivity contribution in [3.63, 3.8) is 0 Å². The van der Waals surface area contributed by atoms with E-state index in [-0.39, 0.29) is 0 Å². The topological polar surface area (TPSA) is 64.7 Å². The lowest BCUT2D eigenvalue weighted by atomic mass is 10.0. The normalized spacial score (nSPS) is 22.9. The first-order chi connectivity index (χ1) is 16.6. The quantitative estimate of drug-likeness (QED) is 0.330. The largest absolute Gasteiger partial charge is 0.343 e. The Morgan fingerprint density at radius 1 is 0.647 bits per heavy atom. The lowest BCUT2D eigenvalue weighted by Crippen LogP contribution is -2.44. The minimum atomic E-state index is 0.309. The number of nitrogens with one attached hydrogen (secondary N) is 2. The van der Waals surface area contributed by atoms with Crippen molar-refractivity contribution in [1.29, 1.82) is 0 Å². The van der Waals surface area contributed by atoms with Gasteiger partial charge in [-0.15, -0.1) is 0 Å². The highest BCUT2D eigenvalue weighted by molar-refractivity contribution is 5.77. The van der Waals surface area contributed by atoms with Crippen LogP contribution in [0.2, 0.25) is 0 Å². The molecule has 2 aliphatic heterocycles. The van der Waals surface area contributed by atoms with E-state index in [4.69, 9.17) is 0 Å². The summed E-state index contributed by atoms with van der Waals surface area (Å²) in [6.07, 6.45) is 17.7. The van der Waals surface area contributed by atoms with Gasteiger partial charge in [-0.3, -0.25) is 9.59 Å². The van der Waals surface area contributed by atoms with Crippen LogP contribution in [0.25, 0.3) is 0 Å². The predicted molar refractivity (Wildman–Crippen MR) is 142 cm³/mol. The summed E-state index contributed by atoms with van der Waals surface area (Å²) in [5.41, 5.74) is 0. The van der Waals surface area contributed by atoms with Gasteiger partial charge in [0.05, 0.1) is 0 Å². The molecular weight excluding hydrogens is 424 g/mol. The fourth-order valence-corrected chi connectivity index (χ4v) is 5.35. The van der Waals surface area contributed by atoms with Crippen LogP contribution in [0.3, 0.4) is 0 Å². The molecule has 34 heavy (non-hydrogen) atoms. The van der Waals surface area contributed by atoms with E-state index in [0.29, 0.717) is 36.7 Å². The van der Waals surface area contributed by atoms with Crippen molar-refractivity contribution < 1.29 is 9.59 Å². The molecular formula is C28H54N4O2. The van der Waals surface area contributed by atoms with Gasteiger partial charge in [-0.1, -0.05) is 65.2 Å². The van der Waals surface area contributed by atoms with Crippen LogP contribution in [0.5, 0.6) is 0 Å². The Balaban J connectivity index is 1.68. The van der Waals surface area contributed by atoms with Crippen LogP contribution >= 0.6 is 0 Å². The molecule has 0 aromatic rings. The molecule has 2 aliphatic rings. The van der Waals surface area contributed by atoms with Crippen LogP contribution in [0, 0.1) is 0 Å². The first-order valence-corrected chi connectivity index (χ1v) is 14.7. The fourth-order valence-electron chi connectivity index (χ4n) is 5.35. The molecule has 2 saturated heterocycles. The van der Waals surface area contributed by atoms with Crippen LogP contribution in [0.4, 0.5) is 0 Å². The summed E-state index contributed by atoms with van der Waals surface area (Å²) in [5.74, 6) is 0.623. The summed E-state index contributed by atoms with van der Waals surface area (Å²) in [5, 5.41) is 7.20. The number of hydrogen-bond donors (Lipinski definition) is 2. The molecule has 6 heteroatoms. The van der Waals surface area contributed by atoms with Crippen molar-refractivity contribution in [1.82, 2.24) is 20.4 Å². The summed E-state index contributed by atoms with van der Waals surface area (Å²) in [4.78, 5) is 29.9. The average molecular weight is 479 g/mol. The maximum absolute atomic E-state index is 12.9. The zero-order valence-corrected chi connectivity index (χ0v) is 22.4. The molecule has 0 radical (unpaired) electrons. The molecule has 0 aliphatic carbocycles. The van der Waals surface area contributed by atoms with E-state index in [2.05, 4.69) is 34.3 Å². The van der Waals surface area contributed by atoms with Crippen molar-refractivity contribution in [2.24, 2.45) is 0 Å². The van der Waals surface area contributed by atoms with Gasteiger partial charge >= 0.3 is 0 Å². The van der Waals surface area contributed by atoms with Gasteiger partial charge in [-0.25, -0.2) is 0 Å². The first kappa shape index (κ1) is 29.1. The van der Waals surface area contributed by atoms with Gasteiger partial charge in [-0.2, -0.15) is 0 Å². The van der Waals surface area contributed by atoms with Gasteiger partial charge in [0.15, 0.2) is 0 Å². The van der Waals surface area contributed by atoms with Crippen molar-refractivity contribution in [3.8, 4) is 0 Å². The van der Waals surface area contributed by atoms with Crippen LogP contribution in [0.1, 0.15) is 117 Å². The van der Waals surface area contributed by atoms with Crippen LogP contribution in [-0.2, 0) is 9.59 Å². The smallest absolute Gasteiger partial charge is 0.224 e. The predicted octanol–water partition coefficient (Wildman–Crippen LogP) is 4.87. The highest BCUT2D eigenvalue weighted by Gasteiger charge is 2.23. The average Bonchev–Trinajstić information content (AvgIpc) is 2.81. The van der Waals surface area contributed by atoms with Crippen LogP contribution < -0.4 is 10.6 Å². The second-order valence-electron chi connectivity index (χ2n) is 10.6. The number of hydrogen-bond acceptors (Lipinski definition) is 4. The maximum atomic E-state index is 12.9. The minimum absolute atomic E-state index is 0.309. The Morgan fingerprint density at radius 3 is 1.59 bits per heavy atom. The summed E-state index contributed by atoms with van der Waals surface area (Å²) in [7, 11) is 0. The van der Waals surface area contributed by atoms with Crippen LogP contribution in [-0.4, -0.2) is 73.0 Å². The van der Waals surface area contributed by atoms with E-state index in [9.17, 15) is 9.59 Å². The zero-order chi connectivity index (χ0) is 24.4. The molecule has 2 atom stereocenters. The van der Waals surface area contributed by atoms with E-state index in [0.717, 1.165) is 77.8 Å². The Morgan fingerprint density at radius 2 is 1.09 bits per heavy atom. The molecule has 2 rings (SSSR count). The number of carbonyl (C=O) groups excluding carboxylic acids is 2. The van der Waals surface area contributed by atoms with Gasteiger partial charge in [0.25, 0.3) is 0 Å². The van der Waals surface area contributed by atoms with Crippen molar-refractivity contribution in [3.05, 3.63) is 0 Å². The lowest BCUT2D eigenvalue weighted by Gasteiger charge is -2.31. The van der Waals surface area contributed by atoms with Gasteiger partial charge < -0.3 is 20.4 Å². The molecule has 6 nitrogen and oxygen atoms in total. The summed E-state index contributed by atoms with van der Waals surface area (Å²) < 4.78 is 0. The Bertz CT molecular complexity index is 557. The second kappa shape index (κ2) is 18.2. The number of unbranched alkanes of at least 4 members (excludes halogenated alkanes) is 7. The minimum Gasteiger partial charge on any atom is -0.343 e. The molecule has 0 aromatic heterocycles. The molecule has 198 valence electrons. The van der Waals surface area contributed by atoms with E-state index < -0.39 is 0 Å². The van der Waals surface area contributed by atoms with E-state index in [1.54, 1.807) is 0 Å². The Kier molecular flexibility index (Phi) is 15.6. The van der Waals surface area contributed by atoms with Crippen molar-refractivity contribution in [2.45, 2.75) is 129 Å². The van der Waals surface area contributed by atoms with Gasteiger partial charge in [0.1, 0.15) is 0 Å². The maximum Gasteiger partial charge on any atom is 0.224 e. The fraction of sp³-hybridized carbons (Fsp3) is 0.929. The van der Waals surface area contributed by atoms with Crippen molar-refractivity contribution >= 4 is 11.8 Å². The number of nitrogens with zero attached hydrogens (tertiary/aromatic N) is 2. The molecule has 2 fully saturated rings. The lowest BCUT2D eigenvalue weighted by molar-refractivity contribution is -0.134. The number of amides is 2. The SMILES string of the molecule is CCCCCCC[C@@H]1CC(=O)N(CCCCN2CCCN[C@H](CCCCC)CC2=O)CCCN1. The molecule has 2 heterocycles. The van der Waals surface area contributed by atoms with Gasteiger partial charge in [0, 0.05) is 51.1 Å². The number of rotatable bonds is 15. The summed E-state index contributed by atoms with van der Waals surface area (Å²) in [6.45, 7) is 9.90. The third-order valence-electron chi connectivity index (χ3n) is 7.54. The molecule has 0 bridgehead atoms. The molecule has 0 aromatic carbocycles. The van der Waals surface area contributed by atoms with Gasteiger partial charge in [0.2, 0.25) is 11.8 Å². The highest BCUT2D eigenvalue weighted by Crippen LogP contribution is 2.15. The number of carbonyl (C=O) groups is 2. The molecule has 2 N–H and O–H groups in total. The Hall–Kier alpha value is -1.14. The van der Waals surface area contributed by atoms with Crippen LogP contribution in [0.15, 0.2) is 0 Å². The summed E-state index contributed by atoms with van der Waals surface area (Å²) >= 11 is 0. The van der Waals surface area contributed by atoms with Gasteiger partial charge in [-0.05, 0) is 51.6 Å². The monoisotopic (exact) mass is 478 g/mol. The molecule has 0 spiro atoms. The third kappa shape index (κ3) is 12.0. The highest BCUT2D eigenvalue weighted by atomic mass is 16.2. The van der Waals surface area contributed by atoms with E-state index in [1.165, 1.54) is 51.4 Å². The molecule has 2 amide bonds. The van der Waals surface area contributed by atoms with E-state index >= 15 is 0 Å². The van der Waals surface area contributed by atoms with E-state index in [1.807, 2.05) is 0 Å². The Labute approximate surface area is 210 Å².